The van der Waals surface area contributed by atoms with Crippen molar-refractivity contribution in [3.05, 3.63) is 0 Å². The van der Waals surface area contributed by atoms with Crippen molar-refractivity contribution >= 4 is 0 Å². The molecular weight excluding hydrogens is 172 g/mol. The molecule has 1 fully saturated rings. The minimum absolute atomic E-state index is 0.807. The Hall–Kier alpha value is -0.0800. The first-order valence-corrected chi connectivity index (χ1v) is 6.29. The first-order chi connectivity index (χ1) is 6.86. The van der Waals surface area contributed by atoms with Crippen LogP contribution in [0.25, 0.3) is 0 Å². The molecule has 1 heterocycles. The third-order valence-corrected chi connectivity index (χ3v) is 3.37. The third kappa shape index (κ3) is 4.43. The predicted octanol–water partition coefficient (Wildman–Crippen LogP) is 2.24. The lowest BCUT2D eigenvalue weighted by Gasteiger charge is -2.31. The van der Waals surface area contributed by atoms with E-state index in [-0.39, 0.29) is 0 Å². The average Bonchev–Trinajstić information content (AvgIpc) is 2.25. The number of hydrogen-bond acceptors (Lipinski definition) is 2. The molecule has 0 aromatic carbocycles. The van der Waals surface area contributed by atoms with E-state index in [1.165, 1.54) is 58.2 Å². The summed E-state index contributed by atoms with van der Waals surface area (Å²) in [7, 11) is 0. The molecule has 0 aromatic heterocycles. The number of nitrogens with two attached hydrogens (primary N) is 1. The summed E-state index contributed by atoms with van der Waals surface area (Å²) in [6, 6.07) is 0. The lowest BCUT2D eigenvalue weighted by Crippen LogP contribution is -2.36. The first kappa shape index (κ1) is 12.0. The summed E-state index contributed by atoms with van der Waals surface area (Å²) in [4.78, 5) is 2.61. The van der Waals surface area contributed by atoms with E-state index in [0.717, 1.165) is 12.5 Å². The Morgan fingerprint density at radius 2 is 1.86 bits per heavy atom. The van der Waals surface area contributed by atoms with Gasteiger partial charge in [0, 0.05) is 0 Å². The number of rotatable bonds is 6. The van der Waals surface area contributed by atoms with E-state index in [9.17, 15) is 0 Å². The molecule has 0 amide bonds. The van der Waals surface area contributed by atoms with Gasteiger partial charge in [-0.15, -0.1) is 0 Å². The molecule has 0 aromatic rings. The monoisotopic (exact) mass is 198 g/mol. The summed E-state index contributed by atoms with van der Waals surface area (Å²) in [5.74, 6) is 0.807. The highest BCUT2D eigenvalue weighted by Crippen LogP contribution is 2.16. The molecule has 0 spiro atoms. The van der Waals surface area contributed by atoms with Crippen molar-refractivity contribution in [2.24, 2.45) is 11.7 Å². The Morgan fingerprint density at radius 1 is 1.14 bits per heavy atom. The number of likely N-dealkylation sites (tertiary alicyclic amines) is 1. The molecule has 2 N–H and O–H groups in total. The van der Waals surface area contributed by atoms with Crippen molar-refractivity contribution < 1.29 is 0 Å². The van der Waals surface area contributed by atoms with Gasteiger partial charge in [0.05, 0.1) is 0 Å². The maximum Gasteiger partial charge on any atom is -0.00156 e. The maximum absolute atomic E-state index is 5.67. The minimum atomic E-state index is 0.807. The summed E-state index contributed by atoms with van der Waals surface area (Å²) >= 11 is 0. The van der Waals surface area contributed by atoms with Crippen LogP contribution in [-0.2, 0) is 0 Å². The van der Waals surface area contributed by atoms with Gasteiger partial charge in [-0.2, -0.15) is 0 Å². The van der Waals surface area contributed by atoms with E-state index in [4.69, 9.17) is 5.73 Å². The van der Waals surface area contributed by atoms with Crippen molar-refractivity contribution in [1.82, 2.24) is 4.90 Å². The fourth-order valence-electron chi connectivity index (χ4n) is 2.21. The Morgan fingerprint density at radius 3 is 2.43 bits per heavy atom. The van der Waals surface area contributed by atoms with Gasteiger partial charge >= 0.3 is 0 Å². The van der Waals surface area contributed by atoms with Crippen LogP contribution in [-0.4, -0.2) is 31.1 Å². The maximum atomic E-state index is 5.67. The fourth-order valence-corrected chi connectivity index (χ4v) is 2.21. The average molecular weight is 198 g/mol. The van der Waals surface area contributed by atoms with Crippen LogP contribution in [0.2, 0.25) is 0 Å². The second-order valence-corrected chi connectivity index (χ2v) is 4.58. The van der Waals surface area contributed by atoms with Crippen molar-refractivity contribution in [1.29, 1.82) is 0 Å². The molecular formula is C12H26N2. The van der Waals surface area contributed by atoms with Gasteiger partial charge in [-0.3, -0.25) is 0 Å². The summed E-state index contributed by atoms with van der Waals surface area (Å²) < 4.78 is 0. The van der Waals surface area contributed by atoms with Crippen molar-refractivity contribution in [2.75, 3.05) is 26.2 Å². The molecule has 0 saturated carbocycles. The zero-order chi connectivity index (χ0) is 10.2. The highest BCUT2D eigenvalue weighted by molar-refractivity contribution is 4.72. The number of piperidine rings is 1. The topological polar surface area (TPSA) is 29.3 Å². The molecule has 2 nitrogen and oxygen atoms in total. The van der Waals surface area contributed by atoms with E-state index >= 15 is 0 Å². The quantitative estimate of drug-likeness (QED) is 0.663. The van der Waals surface area contributed by atoms with E-state index in [1.807, 2.05) is 0 Å². The van der Waals surface area contributed by atoms with Crippen LogP contribution in [0.5, 0.6) is 0 Å². The summed E-state index contributed by atoms with van der Waals surface area (Å²) in [6.45, 7) is 7.05. The molecule has 0 radical (unpaired) electrons. The van der Waals surface area contributed by atoms with Gasteiger partial charge in [-0.1, -0.05) is 26.2 Å². The second-order valence-electron chi connectivity index (χ2n) is 4.58. The van der Waals surface area contributed by atoms with Gasteiger partial charge in [0.15, 0.2) is 0 Å². The summed E-state index contributed by atoms with van der Waals surface area (Å²) in [5, 5.41) is 0. The number of nitrogens with zero attached hydrogens (tertiary/aromatic N) is 1. The standard InChI is InChI=1S/C12H26N2/c1-2-3-4-5-8-14-9-6-12(11-13)7-10-14/h12H,2-11,13H2,1H3. The van der Waals surface area contributed by atoms with Gasteiger partial charge < -0.3 is 10.6 Å². The molecule has 0 atom stereocenters. The number of unbranched alkanes of at least 4 members (excludes halogenated alkanes) is 3. The van der Waals surface area contributed by atoms with Gasteiger partial charge in [-0.05, 0) is 51.4 Å². The van der Waals surface area contributed by atoms with E-state index in [0.29, 0.717) is 0 Å². The van der Waals surface area contributed by atoms with Gasteiger partial charge in [0.2, 0.25) is 0 Å². The first-order valence-electron chi connectivity index (χ1n) is 6.29. The van der Waals surface area contributed by atoms with Crippen molar-refractivity contribution in [3.8, 4) is 0 Å². The molecule has 0 unspecified atom stereocenters. The Kier molecular flexibility index (Phi) is 6.20. The van der Waals surface area contributed by atoms with Crippen LogP contribution in [0, 0.1) is 5.92 Å². The smallest absolute Gasteiger partial charge is 0.00156 e. The van der Waals surface area contributed by atoms with Gasteiger partial charge in [0.1, 0.15) is 0 Å². The summed E-state index contributed by atoms with van der Waals surface area (Å²) in [6.07, 6.45) is 8.19. The highest BCUT2D eigenvalue weighted by atomic mass is 15.1. The normalized spacial score (nSPS) is 20.1. The SMILES string of the molecule is CCCCCCN1CCC(CN)CC1. The molecule has 84 valence electrons. The largest absolute Gasteiger partial charge is 0.330 e. The molecule has 1 aliphatic heterocycles. The molecule has 2 heteroatoms. The zero-order valence-corrected chi connectivity index (χ0v) is 9.67. The van der Waals surface area contributed by atoms with E-state index < -0.39 is 0 Å². The molecule has 1 aliphatic rings. The van der Waals surface area contributed by atoms with Gasteiger partial charge in [0.25, 0.3) is 0 Å². The fraction of sp³-hybridized carbons (Fsp3) is 1.00. The second kappa shape index (κ2) is 7.24. The Labute approximate surface area is 88.8 Å². The van der Waals surface area contributed by atoms with E-state index in [2.05, 4.69) is 11.8 Å². The van der Waals surface area contributed by atoms with Gasteiger partial charge in [-0.25, -0.2) is 0 Å². The zero-order valence-electron chi connectivity index (χ0n) is 9.67. The van der Waals surface area contributed by atoms with Crippen LogP contribution in [0.1, 0.15) is 45.4 Å². The molecule has 14 heavy (non-hydrogen) atoms. The van der Waals surface area contributed by atoms with Crippen molar-refractivity contribution in [3.63, 3.8) is 0 Å². The molecule has 1 saturated heterocycles. The summed E-state index contributed by atoms with van der Waals surface area (Å²) in [5.41, 5.74) is 5.67. The molecule has 0 aliphatic carbocycles. The van der Waals surface area contributed by atoms with E-state index in [1.54, 1.807) is 0 Å². The number of hydrogen-bond donors (Lipinski definition) is 1. The van der Waals surface area contributed by atoms with Crippen molar-refractivity contribution in [2.45, 2.75) is 45.4 Å². The van der Waals surface area contributed by atoms with Crippen LogP contribution in [0.4, 0.5) is 0 Å². The molecule has 1 rings (SSSR count). The molecule has 0 bridgehead atoms. The van der Waals surface area contributed by atoms with Crippen LogP contribution in [0.15, 0.2) is 0 Å². The highest BCUT2D eigenvalue weighted by Gasteiger charge is 2.16. The van der Waals surface area contributed by atoms with Crippen LogP contribution < -0.4 is 5.73 Å². The third-order valence-electron chi connectivity index (χ3n) is 3.37. The Bertz CT molecular complexity index is 128. The lowest BCUT2D eigenvalue weighted by atomic mass is 9.97. The Balaban J connectivity index is 1.98. The predicted molar refractivity (Wildman–Crippen MR) is 62.4 cm³/mol. The lowest BCUT2D eigenvalue weighted by molar-refractivity contribution is 0.184. The van der Waals surface area contributed by atoms with Crippen LogP contribution >= 0.6 is 0 Å². The van der Waals surface area contributed by atoms with Crippen LogP contribution in [0.3, 0.4) is 0 Å². The minimum Gasteiger partial charge on any atom is -0.330 e.